The standard InChI is InChI=1S/C6H14N2O2/c1-4(3-9)8-6(10)5(2)7/h4-5,9H,3,7H2,1-2H3,(H,8,10)/t4-,5-/m0/s1. The fourth-order valence-corrected chi connectivity index (χ4v) is 0.420. The zero-order valence-corrected chi connectivity index (χ0v) is 6.29. The van der Waals surface area contributed by atoms with Crippen molar-refractivity contribution in [3.63, 3.8) is 0 Å². The second-order valence-electron chi connectivity index (χ2n) is 2.38. The molecule has 0 aliphatic carbocycles. The number of rotatable bonds is 3. The Kier molecular flexibility index (Phi) is 3.99. The van der Waals surface area contributed by atoms with Crippen LogP contribution in [0.5, 0.6) is 0 Å². The number of nitrogens with one attached hydrogen (secondary N) is 1. The highest BCUT2D eigenvalue weighted by atomic mass is 16.3. The molecule has 0 rings (SSSR count). The summed E-state index contributed by atoms with van der Waals surface area (Å²) < 4.78 is 0. The Bertz CT molecular complexity index is 114. The minimum Gasteiger partial charge on any atom is -0.394 e. The molecule has 0 heterocycles. The van der Waals surface area contributed by atoms with Crippen molar-refractivity contribution < 1.29 is 9.90 Å². The van der Waals surface area contributed by atoms with Crippen LogP contribution in [0.25, 0.3) is 0 Å². The second kappa shape index (κ2) is 4.24. The van der Waals surface area contributed by atoms with Crippen LogP contribution in [0.1, 0.15) is 13.8 Å². The Balaban J connectivity index is 3.57. The van der Waals surface area contributed by atoms with Crippen molar-refractivity contribution >= 4 is 5.91 Å². The average Bonchev–Trinajstić information content (AvgIpc) is 1.87. The maximum atomic E-state index is 10.8. The van der Waals surface area contributed by atoms with E-state index in [0.29, 0.717) is 0 Å². The number of carbonyl (C=O) groups excluding carboxylic acids is 1. The number of amides is 1. The molecule has 0 aromatic carbocycles. The Morgan fingerprint density at radius 1 is 1.70 bits per heavy atom. The summed E-state index contributed by atoms with van der Waals surface area (Å²) in [7, 11) is 0. The summed E-state index contributed by atoms with van der Waals surface area (Å²) in [6.07, 6.45) is 0. The largest absolute Gasteiger partial charge is 0.394 e. The van der Waals surface area contributed by atoms with Gasteiger partial charge in [-0.25, -0.2) is 0 Å². The van der Waals surface area contributed by atoms with Crippen molar-refractivity contribution in [2.75, 3.05) is 6.61 Å². The van der Waals surface area contributed by atoms with Crippen molar-refractivity contribution in [3.05, 3.63) is 0 Å². The van der Waals surface area contributed by atoms with Crippen LogP contribution in [0.3, 0.4) is 0 Å². The lowest BCUT2D eigenvalue weighted by atomic mass is 10.3. The lowest BCUT2D eigenvalue weighted by Gasteiger charge is -2.12. The van der Waals surface area contributed by atoms with E-state index in [0.717, 1.165) is 0 Å². The molecule has 0 spiro atoms. The van der Waals surface area contributed by atoms with Crippen LogP contribution in [-0.2, 0) is 4.79 Å². The molecule has 60 valence electrons. The third-order valence-electron chi connectivity index (χ3n) is 1.08. The van der Waals surface area contributed by atoms with Gasteiger partial charge in [-0.1, -0.05) is 0 Å². The van der Waals surface area contributed by atoms with Crippen LogP contribution in [0, 0.1) is 0 Å². The Hall–Kier alpha value is -0.610. The number of carbonyl (C=O) groups is 1. The molecule has 4 nitrogen and oxygen atoms in total. The normalized spacial score (nSPS) is 16.0. The van der Waals surface area contributed by atoms with Gasteiger partial charge in [0.05, 0.1) is 12.6 Å². The van der Waals surface area contributed by atoms with Crippen LogP contribution in [-0.4, -0.2) is 29.7 Å². The molecule has 0 saturated carbocycles. The smallest absolute Gasteiger partial charge is 0.236 e. The zero-order chi connectivity index (χ0) is 8.15. The maximum Gasteiger partial charge on any atom is 0.236 e. The molecule has 4 heteroatoms. The highest BCUT2D eigenvalue weighted by Crippen LogP contribution is 1.80. The van der Waals surface area contributed by atoms with E-state index >= 15 is 0 Å². The number of hydrogen-bond donors (Lipinski definition) is 3. The Labute approximate surface area is 60.4 Å². The Morgan fingerprint density at radius 3 is 2.50 bits per heavy atom. The van der Waals surface area contributed by atoms with Crippen LogP contribution >= 0.6 is 0 Å². The fourth-order valence-electron chi connectivity index (χ4n) is 0.420. The monoisotopic (exact) mass is 146 g/mol. The third kappa shape index (κ3) is 3.42. The number of aliphatic hydroxyl groups excluding tert-OH is 1. The van der Waals surface area contributed by atoms with Gasteiger partial charge in [0.25, 0.3) is 0 Å². The summed E-state index contributed by atoms with van der Waals surface area (Å²) in [4.78, 5) is 10.8. The Morgan fingerprint density at radius 2 is 2.20 bits per heavy atom. The SMILES string of the molecule is C[C@H](N)C(=O)N[C@@H](C)CO. The predicted molar refractivity (Wildman–Crippen MR) is 38.3 cm³/mol. The molecule has 0 aliphatic rings. The van der Waals surface area contributed by atoms with Crippen molar-refractivity contribution in [3.8, 4) is 0 Å². The van der Waals surface area contributed by atoms with Crippen LogP contribution in [0.2, 0.25) is 0 Å². The quantitative estimate of drug-likeness (QED) is 0.469. The summed E-state index contributed by atoms with van der Waals surface area (Å²) in [5.41, 5.74) is 5.25. The average molecular weight is 146 g/mol. The van der Waals surface area contributed by atoms with E-state index in [2.05, 4.69) is 5.32 Å². The van der Waals surface area contributed by atoms with E-state index in [1.165, 1.54) is 0 Å². The molecule has 4 N–H and O–H groups in total. The molecular weight excluding hydrogens is 132 g/mol. The van der Waals surface area contributed by atoms with Gasteiger partial charge in [0.1, 0.15) is 0 Å². The van der Waals surface area contributed by atoms with Crippen molar-refractivity contribution in [1.82, 2.24) is 5.32 Å². The van der Waals surface area contributed by atoms with E-state index in [4.69, 9.17) is 10.8 Å². The van der Waals surface area contributed by atoms with Crippen molar-refractivity contribution in [1.29, 1.82) is 0 Å². The first-order valence-electron chi connectivity index (χ1n) is 3.24. The van der Waals surface area contributed by atoms with Gasteiger partial charge in [0.15, 0.2) is 0 Å². The number of hydrogen-bond acceptors (Lipinski definition) is 3. The minimum atomic E-state index is -0.506. The fraction of sp³-hybridized carbons (Fsp3) is 0.833. The molecule has 0 radical (unpaired) electrons. The first kappa shape index (κ1) is 9.39. The summed E-state index contributed by atoms with van der Waals surface area (Å²) in [6.45, 7) is 3.25. The maximum absolute atomic E-state index is 10.8. The molecule has 0 fully saturated rings. The summed E-state index contributed by atoms with van der Waals surface area (Å²) in [6, 6.07) is -0.715. The molecule has 1 amide bonds. The zero-order valence-electron chi connectivity index (χ0n) is 6.29. The summed E-state index contributed by atoms with van der Waals surface area (Å²) in [5.74, 6) is -0.235. The molecule has 0 aromatic rings. The summed E-state index contributed by atoms with van der Waals surface area (Å²) in [5, 5.41) is 11.0. The van der Waals surface area contributed by atoms with E-state index in [1.54, 1.807) is 13.8 Å². The summed E-state index contributed by atoms with van der Waals surface area (Å²) >= 11 is 0. The van der Waals surface area contributed by atoms with Crippen LogP contribution < -0.4 is 11.1 Å². The lowest BCUT2D eigenvalue weighted by Crippen LogP contribution is -2.43. The second-order valence-corrected chi connectivity index (χ2v) is 2.38. The number of nitrogens with two attached hydrogens (primary N) is 1. The highest BCUT2D eigenvalue weighted by molar-refractivity contribution is 5.81. The van der Waals surface area contributed by atoms with Crippen LogP contribution in [0.4, 0.5) is 0 Å². The van der Waals surface area contributed by atoms with Crippen molar-refractivity contribution in [2.45, 2.75) is 25.9 Å². The van der Waals surface area contributed by atoms with Crippen LogP contribution in [0.15, 0.2) is 0 Å². The van der Waals surface area contributed by atoms with Gasteiger partial charge in [-0.05, 0) is 13.8 Å². The molecular formula is C6H14N2O2. The topological polar surface area (TPSA) is 75.4 Å². The minimum absolute atomic E-state index is 0.0571. The molecule has 10 heavy (non-hydrogen) atoms. The van der Waals surface area contributed by atoms with Gasteiger partial charge < -0.3 is 16.2 Å². The van der Waals surface area contributed by atoms with E-state index in [-0.39, 0.29) is 18.6 Å². The first-order valence-corrected chi connectivity index (χ1v) is 3.24. The van der Waals surface area contributed by atoms with E-state index in [9.17, 15) is 4.79 Å². The van der Waals surface area contributed by atoms with Gasteiger partial charge >= 0.3 is 0 Å². The van der Waals surface area contributed by atoms with Gasteiger partial charge in [0, 0.05) is 6.04 Å². The highest BCUT2D eigenvalue weighted by Gasteiger charge is 2.09. The van der Waals surface area contributed by atoms with Gasteiger partial charge in [-0.3, -0.25) is 4.79 Å². The molecule has 0 bridgehead atoms. The molecule has 2 atom stereocenters. The molecule has 0 aliphatic heterocycles. The number of aliphatic hydroxyl groups is 1. The molecule has 0 unspecified atom stereocenters. The van der Waals surface area contributed by atoms with Gasteiger partial charge in [-0.15, -0.1) is 0 Å². The molecule has 0 aromatic heterocycles. The lowest BCUT2D eigenvalue weighted by molar-refractivity contribution is -0.122. The third-order valence-corrected chi connectivity index (χ3v) is 1.08. The first-order chi connectivity index (χ1) is 4.57. The van der Waals surface area contributed by atoms with Gasteiger partial charge in [-0.2, -0.15) is 0 Å². The predicted octanol–water partition coefficient (Wildman–Crippen LogP) is -1.17. The molecule has 0 saturated heterocycles. The van der Waals surface area contributed by atoms with Gasteiger partial charge in [0.2, 0.25) is 5.91 Å². The van der Waals surface area contributed by atoms with Crippen molar-refractivity contribution in [2.24, 2.45) is 5.73 Å². The van der Waals surface area contributed by atoms with E-state index < -0.39 is 6.04 Å². The van der Waals surface area contributed by atoms with E-state index in [1.807, 2.05) is 0 Å².